The van der Waals surface area contributed by atoms with Crippen LogP contribution in [0.4, 0.5) is 0 Å². The minimum absolute atomic E-state index is 0.354. The Morgan fingerprint density at radius 1 is 1.05 bits per heavy atom. The fraction of sp³-hybridized carbons (Fsp3) is 0.667. The molecule has 0 aromatic heterocycles. The summed E-state index contributed by atoms with van der Waals surface area (Å²) >= 11 is 0. The molecule has 0 radical (unpaired) electrons. The van der Waals surface area contributed by atoms with E-state index in [0.29, 0.717) is 6.61 Å². The van der Waals surface area contributed by atoms with Gasteiger partial charge < -0.3 is 5.11 Å². The van der Waals surface area contributed by atoms with Gasteiger partial charge in [0, 0.05) is 13.2 Å². The minimum Gasteiger partial charge on any atom is -0.396 e. The second kappa shape index (κ2) is 10.9. The number of aliphatic hydroxyl groups is 1. The lowest BCUT2D eigenvalue weighted by Gasteiger charge is -2.32. The predicted octanol–water partition coefficient (Wildman–Crippen LogP) is 4.09. The van der Waals surface area contributed by atoms with E-state index in [1.165, 1.54) is 44.3 Å². The summed E-state index contributed by atoms with van der Waals surface area (Å²) in [5, 5.41) is 8.79. The smallest absolute Gasteiger partial charge is 0.0431 e. The van der Waals surface area contributed by atoms with Gasteiger partial charge in [-0.05, 0) is 43.8 Å². The molecule has 0 saturated carbocycles. The van der Waals surface area contributed by atoms with Crippen LogP contribution in [0.5, 0.6) is 0 Å². The van der Waals surface area contributed by atoms with E-state index in [1.807, 2.05) is 13.8 Å². The Balaban J connectivity index is 0.000000956. The van der Waals surface area contributed by atoms with Crippen LogP contribution in [-0.2, 0) is 6.54 Å². The summed E-state index contributed by atoms with van der Waals surface area (Å²) < 4.78 is 0. The number of benzene rings is 1. The van der Waals surface area contributed by atoms with E-state index in [4.69, 9.17) is 5.11 Å². The van der Waals surface area contributed by atoms with Gasteiger partial charge in [0.15, 0.2) is 0 Å². The molecule has 1 heterocycles. The molecule has 1 saturated heterocycles. The van der Waals surface area contributed by atoms with Gasteiger partial charge in [-0.25, -0.2) is 0 Å². The molecule has 1 aromatic rings. The highest BCUT2D eigenvalue weighted by molar-refractivity contribution is 5.14. The van der Waals surface area contributed by atoms with Crippen molar-refractivity contribution in [1.82, 2.24) is 4.90 Å². The number of piperidine rings is 1. The first-order valence-corrected chi connectivity index (χ1v) is 8.25. The zero-order chi connectivity index (χ0) is 14.6. The van der Waals surface area contributed by atoms with Gasteiger partial charge in [-0.3, -0.25) is 4.90 Å². The molecule has 1 aliphatic rings. The van der Waals surface area contributed by atoms with Gasteiger partial charge >= 0.3 is 0 Å². The summed E-state index contributed by atoms with van der Waals surface area (Å²) in [6.45, 7) is 7.93. The molecule has 0 spiro atoms. The second-order valence-electron chi connectivity index (χ2n) is 5.42. The fourth-order valence-electron chi connectivity index (χ4n) is 2.82. The van der Waals surface area contributed by atoms with E-state index < -0.39 is 0 Å². The maximum atomic E-state index is 8.79. The van der Waals surface area contributed by atoms with Gasteiger partial charge in [-0.2, -0.15) is 0 Å². The third-order valence-electron chi connectivity index (χ3n) is 3.98. The lowest BCUT2D eigenvalue weighted by Crippen LogP contribution is -2.33. The van der Waals surface area contributed by atoms with E-state index in [-0.39, 0.29) is 0 Å². The van der Waals surface area contributed by atoms with Crippen molar-refractivity contribution in [2.75, 3.05) is 19.7 Å². The zero-order valence-electron chi connectivity index (χ0n) is 13.2. The number of likely N-dealkylation sites (tertiary alicyclic amines) is 1. The third-order valence-corrected chi connectivity index (χ3v) is 3.98. The predicted molar refractivity (Wildman–Crippen MR) is 86.7 cm³/mol. The van der Waals surface area contributed by atoms with Crippen LogP contribution in [-0.4, -0.2) is 29.7 Å². The van der Waals surface area contributed by atoms with Crippen molar-refractivity contribution in [1.29, 1.82) is 0 Å². The van der Waals surface area contributed by atoms with Gasteiger partial charge in [0.1, 0.15) is 0 Å². The first kappa shape index (κ1) is 17.2. The van der Waals surface area contributed by atoms with Crippen molar-refractivity contribution in [2.45, 2.75) is 52.5 Å². The van der Waals surface area contributed by atoms with Gasteiger partial charge in [0.2, 0.25) is 0 Å². The second-order valence-corrected chi connectivity index (χ2v) is 5.42. The average Bonchev–Trinajstić information content (AvgIpc) is 2.52. The molecule has 20 heavy (non-hydrogen) atoms. The normalized spacial score (nSPS) is 16.6. The number of unbranched alkanes of at least 4 members (excludes halogenated alkanes) is 1. The molecular formula is C18H31NO. The minimum atomic E-state index is 0.354. The van der Waals surface area contributed by atoms with E-state index in [0.717, 1.165) is 18.9 Å². The Labute approximate surface area is 124 Å². The van der Waals surface area contributed by atoms with Crippen LogP contribution in [0.15, 0.2) is 30.3 Å². The lowest BCUT2D eigenvalue weighted by molar-refractivity contribution is 0.168. The molecule has 0 atom stereocenters. The number of nitrogens with zero attached hydrogens (tertiary/aromatic N) is 1. The molecule has 114 valence electrons. The molecule has 0 bridgehead atoms. The Morgan fingerprint density at radius 2 is 1.70 bits per heavy atom. The summed E-state index contributed by atoms with van der Waals surface area (Å²) in [5.41, 5.74) is 1.43. The molecule has 0 amide bonds. The SMILES string of the molecule is CC.OCCCCC1CCN(Cc2ccccc2)CC1. The van der Waals surface area contributed by atoms with Crippen LogP contribution in [0.25, 0.3) is 0 Å². The largest absolute Gasteiger partial charge is 0.396 e. The first-order chi connectivity index (χ1) is 9.88. The lowest BCUT2D eigenvalue weighted by atomic mass is 9.91. The molecule has 0 unspecified atom stereocenters. The van der Waals surface area contributed by atoms with Crippen molar-refractivity contribution in [2.24, 2.45) is 5.92 Å². The van der Waals surface area contributed by atoms with Crippen molar-refractivity contribution >= 4 is 0 Å². The van der Waals surface area contributed by atoms with Gasteiger partial charge in [0.05, 0.1) is 0 Å². The van der Waals surface area contributed by atoms with Crippen LogP contribution in [0.1, 0.15) is 51.5 Å². The molecule has 1 aromatic carbocycles. The number of rotatable bonds is 6. The Bertz CT molecular complexity index is 317. The highest BCUT2D eigenvalue weighted by Crippen LogP contribution is 2.23. The van der Waals surface area contributed by atoms with Crippen LogP contribution >= 0.6 is 0 Å². The van der Waals surface area contributed by atoms with E-state index >= 15 is 0 Å². The van der Waals surface area contributed by atoms with E-state index in [1.54, 1.807) is 0 Å². The van der Waals surface area contributed by atoms with Crippen molar-refractivity contribution < 1.29 is 5.11 Å². The Morgan fingerprint density at radius 3 is 2.30 bits per heavy atom. The van der Waals surface area contributed by atoms with Crippen LogP contribution < -0.4 is 0 Å². The Hall–Kier alpha value is -0.860. The van der Waals surface area contributed by atoms with Crippen LogP contribution in [0.3, 0.4) is 0 Å². The van der Waals surface area contributed by atoms with Gasteiger partial charge in [-0.1, -0.05) is 57.0 Å². The van der Waals surface area contributed by atoms with E-state index in [9.17, 15) is 0 Å². The molecular weight excluding hydrogens is 246 g/mol. The van der Waals surface area contributed by atoms with Crippen LogP contribution in [0, 0.1) is 5.92 Å². The maximum Gasteiger partial charge on any atom is 0.0431 e. The standard InChI is InChI=1S/C16H25NO.C2H6/c18-13-5-4-6-15-9-11-17(12-10-15)14-16-7-2-1-3-8-16;1-2/h1-3,7-8,15,18H,4-6,9-14H2;1-2H3. The Kier molecular flexibility index (Phi) is 9.35. The average molecular weight is 277 g/mol. The topological polar surface area (TPSA) is 23.5 Å². The van der Waals surface area contributed by atoms with Crippen molar-refractivity contribution in [3.05, 3.63) is 35.9 Å². The summed E-state index contributed by atoms with van der Waals surface area (Å²) in [4.78, 5) is 2.57. The summed E-state index contributed by atoms with van der Waals surface area (Å²) in [6.07, 6.45) is 6.14. The van der Waals surface area contributed by atoms with Gasteiger partial charge in [0.25, 0.3) is 0 Å². The van der Waals surface area contributed by atoms with Crippen molar-refractivity contribution in [3.8, 4) is 0 Å². The quantitative estimate of drug-likeness (QED) is 0.792. The molecule has 2 rings (SSSR count). The summed E-state index contributed by atoms with van der Waals surface area (Å²) in [5.74, 6) is 0.892. The number of hydrogen-bond donors (Lipinski definition) is 1. The molecule has 2 nitrogen and oxygen atoms in total. The summed E-state index contributed by atoms with van der Waals surface area (Å²) in [7, 11) is 0. The van der Waals surface area contributed by atoms with Crippen molar-refractivity contribution in [3.63, 3.8) is 0 Å². The molecule has 1 fully saturated rings. The summed E-state index contributed by atoms with van der Waals surface area (Å²) in [6, 6.07) is 10.8. The highest BCUT2D eigenvalue weighted by atomic mass is 16.2. The number of aliphatic hydroxyl groups excluding tert-OH is 1. The first-order valence-electron chi connectivity index (χ1n) is 8.25. The van der Waals surface area contributed by atoms with Crippen LogP contribution in [0.2, 0.25) is 0 Å². The maximum absolute atomic E-state index is 8.79. The molecule has 0 aliphatic carbocycles. The zero-order valence-corrected chi connectivity index (χ0v) is 13.2. The third kappa shape index (κ3) is 6.53. The van der Waals surface area contributed by atoms with E-state index in [2.05, 4.69) is 35.2 Å². The molecule has 1 N–H and O–H groups in total. The monoisotopic (exact) mass is 277 g/mol. The fourth-order valence-corrected chi connectivity index (χ4v) is 2.82. The molecule has 2 heteroatoms. The van der Waals surface area contributed by atoms with Gasteiger partial charge in [-0.15, -0.1) is 0 Å². The molecule has 1 aliphatic heterocycles. The number of hydrogen-bond acceptors (Lipinski definition) is 2. The highest BCUT2D eigenvalue weighted by Gasteiger charge is 2.18.